The van der Waals surface area contributed by atoms with Crippen LogP contribution in [0.1, 0.15) is 32.3 Å². The van der Waals surface area contributed by atoms with Crippen molar-refractivity contribution in [1.82, 2.24) is 4.90 Å². The van der Waals surface area contributed by atoms with Crippen molar-refractivity contribution in [3.8, 4) is 5.75 Å². The first-order valence-corrected chi connectivity index (χ1v) is 12.2. The number of piperidine rings is 1. The van der Waals surface area contributed by atoms with E-state index in [9.17, 15) is 14.7 Å². The van der Waals surface area contributed by atoms with Crippen molar-refractivity contribution >= 4 is 23.6 Å². The smallest absolute Gasteiger partial charge is 0.414 e. The number of methoxy groups -OCH3 is 1. The summed E-state index contributed by atoms with van der Waals surface area (Å²) < 4.78 is 25.8. The number of fused-ring (bicyclic) bond motifs is 1. The molecule has 2 aliphatic heterocycles. The van der Waals surface area contributed by atoms with Gasteiger partial charge in [-0.25, -0.2) is 14.0 Å². The molecule has 2 saturated heterocycles. The van der Waals surface area contributed by atoms with Gasteiger partial charge in [0.1, 0.15) is 17.7 Å². The minimum atomic E-state index is -1.08. The second-order valence-corrected chi connectivity index (χ2v) is 10.8. The fourth-order valence-corrected chi connectivity index (χ4v) is 5.62. The van der Waals surface area contributed by atoms with Gasteiger partial charge in [0.15, 0.2) is 0 Å². The molecule has 5 rings (SSSR count). The van der Waals surface area contributed by atoms with E-state index in [1.54, 1.807) is 40.0 Å². The largest absolute Gasteiger partial charge is 0.497 e. The van der Waals surface area contributed by atoms with Gasteiger partial charge in [-0.05, 0) is 80.5 Å². The molecular formula is C27H32FN3O5. The predicted molar refractivity (Wildman–Crippen MR) is 133 cm³/mol. The number of carbonyl (C=O) groups excluding carboxylic acids is 1. The van der Waals surface area contributed by atoms with Gasteiger partial charge in [0.2, 0.25) is 0 Å². The van der Waals surface area contributed by atoms with E-state index in [0.717, 1.165) is 24.5 Å². The van der Waals surface area contributed by atoms with Crippen LogP contribution in [0.25, 0.3) is 0 Å². The predicted octanol–water partition coefficient (Wildman–Crippen LogP) is 4.79. The lowest BCUT2D eigenvalue weighted by Crippen LogP contribution is -2.49. The first kappa shape index (κ1) is 24.2. The summed E-state index contributed by atoms with van der Waals surface area (Å²) in [6.45, 7) is 7.35. The molecule has 2 aromatic carbocycles. The Morgan fingerprint density at radius 3 is 2.31 bits per heavy atom. The van der Waals surface area contributed by atoms with E-state index in [4.69, 9.17) is 9.47 Å². The van der Waals surface area contributed by atoms with E-state index >= 15 is 4.39 Å². The molecule has 36 heavy (non-hydrogen) atoms. The maximum absolute atomic E-state index is 15.2. The van der Waals surface area contributed by atoms with Gasteiger partial charge in [-0.15, -0.1) is 0 Å². The second-order valence-electron chi connectivity index (χ2n) is 10.8. The number of ether oxygens (including phenoxy) is 2. The number of benzene rings is 2. The molecule has 4 atom stereocenters. The summed E-state index contributed by atoms with van der Waals surface area (Å²) in [6, 6.07) is 12.9. The summed E-state index contributed by atoms with van der Waals surface area (Å²) >= 11 is 0. The molecule has 3 aliphatic rings. The van der Waals surface area contributed by atoms with Crippen LogP contribution in [0.15, 0.2) is 42.5 Å². The summed E-state index contributed by atoms with van der Waals surface area (Å²) in [5.41, 5.74) is 1.63. The zero-order valence-electron chi connectivity index (χ0n) is 21.0. The Morgan fingerprint density at radius 1 is 1.11 bits per heavy atom. The highest BCUT2D eigenvalue weighted by molar-refractivity contribution is 5.89. The topological polar surface area (TPSA) is 82.6 Å². The van der Waals surface area contributed by atoms with Crippen molar-refractivity contribution in [2.75, 3.05) is 43.1 Å². The highest BCUT2D eigenvalue weighted by atomic mass is 19.1. The average molecular weight is 498 g/mol. The van der Waals surface area contributed by atoms with Gasteiger partial charge in [0.25, 0.3) is 0 Å². The fraction of sp³-hybridized carbons (Fsp3) is 0.481. The number of amides is 2. The molecule has 3 fully saturated rings. The Bertz CT molecular complexity index is 1150. The summed E-state index contributed by atoms with van der Waals surface area (Å²) in [5.74, 6) is 1.51. The SMILES string of the molecule is COc1ccc(N2C[C@@H]3C(c4ccc(N5C[C@@H](CN(C(=O)O)C(C)(C)C)OC5=O)cc4F)[C@@H]3C2)cc1. The van der Waals surface area contributed by atoms with E-state index in [-0.39, 0.29) is 24.8 Å². The van der Waals surface area contributed by atoms with E-state index in [1.807, 2.05) is 24.3 Å². The highest BCUT2D eigenvalue weighted by Crippen LogP contribution is 2.59. The minimum absolute atomic E-state index is 0.0533. The Kier molecular flexibility index (Phi) is 5.97. The van der Waals surface area contributed by atoms with Crippen LogP contribution in [-0.4, -0.2) is 67.1 Å². The Balaban J connectivity index is 1.22. The minimum Gasteiger partial charge on any atom is -0.497 e. The number of rotatable bonds is 6. The Hall–Kier alpha value is -3.49. The molecule has 2 aromatic rings. The van der Waals surface area contributed by atoms with Gasteiger partial charge in [0.05, 0.1) is 25.9 Å². The Labute approximate surface area is 210 Å². The number of halogens is 1. The number of hydrogen-bond acceptors (Lipinski definition) is 5. The van der Waals surface area contributed by atoms with Gasteiger partial charge >= 0.3 is 12.2 Å². The van der Waals surface area contributed by atoms with Crippen molar-refractivity contribution in [3.63, 3.8) is 0 Å². The average Bonchev–Trinajstić information content (AvgIpc) is 3.14. The third kappa shape index (κ3) is 4.42. The molecule has 1 aliphatic carbocycles. The van der Waals surface area contributed by atoms with Gasteiger partial charge in [-0.1, -0.05) is 6.07 Å². The number of anilines is 2. The number of carboxylic acid groups (broad SMARTS) is 1. The molecular weight excluding hydrogens is 465 g/mol. The van der Waals surface area contributed by atoms with Crippen LogP contribution in [0, 0.1) is 17.7 Å². The van der Waals surface area contributed by atoms with Crippen LogP contribution in [0.2, 0.25) is 0 Å². The third-order valence-electron chi connectivity index (χ3n) is 7.59. The molecule has 1 N–H and O–H groups in total. The Morgan fingerprint density at radius 2 is 1.75 bits per heavy atom. The van der Waals surface area contributed by atoms with Crippen LogP contribution in [0.3, 0.4) is 0 Å². The molecule has 1 unspecified atom stereocenters. The van der Waals surface area contributed by atoms with Crippen molar-refractivity contribution in [1.29, 1.82) is 0 Å². The maximum atomic E-state index is 15.2. The van der Waals surface area contributed by atoms with Crippen LogP contribution in [0.4, 0.5) is 25.4 Å². The number of cyclic esters (lactones) is 1. The van der Waals surface area contributed by atoms with Crippen molar-refractivity contribution < 1.29 is 28.6 Å². The van der Waals surface area contributed by atoms with Crippen LogP contribution >= 0.6 is 0 Å². The molecule has 2 amide bonds. The van der Waals surface area contributed by atoms with Crippen LogP contribution in [-0.2, 0) is 4.74 Å². The van der Waals surface area contributed by atoms with Gasteiger partial charge in [-0.2, -0.15) is 0 Å². The lowest BCUT2D eigenvalue weighted by atomic mass is 10.0. The molecule has 0 radical (unpaired) electrons. The number of hydrogen-bond donors (Lipinski definition) is 1. The van der Waals surface area contributed by atoms with E-state index in [0.29, 0.717) is 23.1 Å². The first-order chi connectivity index (χ1) is 17.1. The summed E-state index contributed by atoms with van der Waals surface area (Å²) in [4.78, 5) is 29.1. The summed E-state index contributed by atoms with van der Waals surface area (Å²) in [7, 11) is 1.65. The monoisotopic (exact) mass is 497 g/mol. The lowest BCUT2D eigenvalue weighted by molar-refractivity contribution is 0.0605. The highest BCUT2D eigenvalue weighted by Gasteiger charge is 2.57. The van der Waals surface area contributed by atoms with Crippen LogP contribution < -0.4 is 14.5 Å². The molecule has 8 nitrogen and oxygen atoms in total. The second kappa shape index (κ2) is 8.87. The zero-order chi connectivity index (χ0) is 25.8. The third-order valence-corrected chi connectivity index (χ3v) is 7.59. The fourth-order valence-electron chi connectivity index (χ4n) is 5.62. The molecule has 0 aromatic heterocycles. The van der Waals surface area contributed by atoms with E-state index in [2.05, 4.69) is 4.90 Å². The molecule has 2 heterocycles. The first-order valence-electron chi connectivity index (χ1n) is 12.2. The quantitative estimate of drug-likeness (QED) is 0.618. The molecule has 0 bridgehead atoms. The molecule has 192 valence electrons. The number of nitrogens with zero attached hydrogens (tertiary/aromatic N) is 3. The molecule has 9 heteroatoms. The van der Waals surface area contributed by atoms with E-state index < -0.39 is 23.8 Å². The lowest BCUT2D eigenvalue weighted by Gasteiger charge is -2.34. The van der Waals surface area contributed by atoms with E-state index in [1.165, 1.54) is 15.9 Å². The maximum Gasteiger partial charge on any atom is 0.414 e. The van der Waals surface area contributed by atoms with Crippen molar-refractivity contribution in [2.24, 2.45) is 11.8 Å². The molecule has 0 spiro atoms. The van der Waals surface area contributed by atoms with Gasteiger partial charge in [0, 0.05) is 24.3 Å². The standard InChI is InChI=1S/C27H32FN3O5/c1-27(2,3)31(25(32)33)13-19-12-30(26(34)36-19)17-7-10-20(23(28)11-17)24-21-14-29(15-22(21)24)16-5-8-18(35-4)9-6-16/h5-11,19,21-22,24H,12-15H2,1-4H3,(H,32,33)/t19-,21-,22+,24?/m0/s1. The zero-order valence-corrected chi connectivity index (χ0v) is 21.0. The van der Waals surface area contributed by atoms with Crippen LogP contribution in [0.5, 0.6) is 5.75 Å². The number of carbonyl (C=O) groups is 2. The van der Waals surface area contributed by atoms with Crippen molar-refractivity contribution in [3.05, 3.63) is 53.8 Å². The van der Waals surface area contributed by atoms with Crippen molar-refractivity contribution in [2.45, 2.75) is 38.3 Å². The van der Waals surface area contributed by atoms with Gasteiger partial charge < -0.3 is 19.5 Å². The molecule has 1 saturated carbocycles. The summed E-state index contributed by atoms with van der Waals surface area (Å²) in [5, 5.41) is 9.53. The normalized spacial score (nSPS) is 25.0. The van der Waals surface area contributed by atoms with Gasteiger partial charge in [-0.3, -0.25) is 9.80 Å². The summed E-state index contributed by atoms with van der Waals surface area (Å²) in [6.07, 6.45) is -2.29.